The largest absolute Gasteiger partial charge is 0.338 e. The van der Waals surface area contributed by atoms with Crippen LogP contribution in [0.2, 0.25) is 5.02 Å². The highest BCUT2D eigenvalue weighted by molar-refractivity contribution is 7.91. The molecule has 1 aromatic heterocycles. The zero-order chi connectivity index (χ0) is 21.3. The van der Waals surface area contributed by atoms with E-state index in [-0.39, 0.29) is 23.5 Å². The lowest BCUT2D eigenvalue weighted by Gasteiger charge is -2.23. The third-order valence-electron chi connectivity index (χ3n) is 5.37. The normalized spacial score (nSPS) is 17.7. The molecule has 0 radical (unpaired) electrons. The van der Waals surface area contributed by atoms with Gasteiger partial charge in [-0.3, -0.25) is 9.48 Å². The second-order valence-electron chi connectivity index (χ2n) is 7.55. The molecule has 0 saturated carbocycles. The van der Waals surface area contributed by atoms with E-state index in [4.69, 9.17) is 11.6 Å². The number of carbonyl (C=O) groups excluding carboxylic acids is 1. The van der Waals surface area contributed by atoms with Crippen LogP contribution in [0.25, 0.3) is 11.3 Å². The lowest BCUT2D eigenvalue weighted by molar-refractivity contribution is 0.0748. The van der Waals surface area contributed by atoms with Crippen LogP contribution in [-0.4, -0.2) is 53.6 Å². The summed E-state index contributed by atoms with van der Waals surface area (Å²) in [5.41, 5.74) is 2.85. The molecule has 2 aromatic carbocycles. The van der Waals surface area contributed by atoms with Crippen molar-refractivity contribution in [1.29, 1.82) is 0 Å². The highest BCUT2D eigenvalue weighted by Gasteiger charge is 2.34. The van der Waals surface area contributed by atoms with Crippen LogP contribution in [0.3, 0.4) is 0 Å². The van der Waals surface area contributed by atoms with E-state index >= 15 is 0 Å². The number of amides is 1. The third kappa shape index (κ3) is 4.42. The van der Waals surface area contributed by atoms with Gasteiger partial charge in [0.2, 0.25) is 0 Å². The van der Waals surface area contributed by atoms with Crippen molar-refractivity contribution >= 4 is 27.3 Å². The Morgan fingerprint density at radius 2 is 1.87 bits per heavy atom. The van der Waals surface area contributed by atoms with Crippen LogP contribution in [0.1, 0.15) is 22.3 Å². The quantitative estimate of drug-likeness (QED) is 0.605. The van der Waals surface area contributed by atoms with Crippen molar-refractivity contribution in [1.82, 2.24) is 14.7 Å². The van der Waals surface area contributed by atoms with Gasteiger partial charge in [-0.1, -0.05) is 54.1 Å². The van der Waals surface area contributed by atoms with Gasteiger partial charge in [0.1, 0.15) is 5.69 Å². The maximum Gasteiger partial charge on any atom is 0.257 e. The SMILES string of the molecule is CN(C(=O)c1cn(Cc2ccccc2)nc1-c1ccc(Cl)cc1)C1CCS(=O)(=O)C1. The van der Waals surface area contributed by atoms with Crippen molar-refractivity contribution < 1.29 is 13.2 Å². The minimum absolute atomic E-state index is 0.00364. The van der Waals surface area contributed by atoms with Gasteiger partial charge < -0.3 is 4.90 Å². The second kappa shape index (κ2) is 8.24. The predicted octanol–water partition coefficient (Wildman–Crippen LogP) is 3.51. The Hall–Kier alpha value is -2.64. The van der Waals surface area contributed by atoms with E-state index < -0.39 is 9.84 Å². The summed E-state index contributed by atoms with van der Waals surface area (Å²) in [6.07, 6.45) is 2.19. The fraction of sp³-hybridized carbons (Fsp3) is 0.273. The third-order valence-corrected chi connectivity index (χ3v) is 7.38. The van der Waals surface area contributed by atoms with E-state index in [1.54, 1.807) is 30.1 Å². The van der Waals surface area contributed by atoms with Crippen LogP contribution in [0.4, 0.5) is 0 Å². The fourth-order valence-electron chi connectivity index (χ4n) is 3.69. The van der Waals surface area contributed by atoms with Crippen molar-refractivity contribution in [3.63, 3.8) is 0 Å². The van der Waals surface area contributed by atoms with Crippen molar-refractivity contribution in [3.05, 3.63) is 76.9 Å². The molecule has 3 aromatic rings. The number of hydrogen-bond acceptors (Lipinski definition) is 4. The number of benzene rings is 2. The Bertz CT molecular complexity index is 1160. The molecule has 156 valence electrons. The summed E-state index contributed by atoms with van der Waals surface area (Å²) in [5.74, 6) is -0.114. The van der Waals surface area contributed by atoms with Crippen LogP contribution < -0.4 is 0 Å². The number of aromatic nitrogens is 2. The first-order valence-corrected chi connectivity index (χ1v) is 11.9. The summed E-state index contributed by atoms with van der Waals surface area (Å²) in [6.45, 7) is 0.524. The van der Waals surface area contributed by atoms with E-state index in [2.05, 4.69) is 5.10 Å². The molecule has 0 bridgehead atoms. The maximum absolute atomic E-state index is 13.3. The topological polar surface area (TPSA) is 72.3 Å². The van der Waals surface area contributed by atoms with Crippen LogP contribution in [0.5, 0.6) is 0 Å². The van der Waals surface area contributed by atoms with Gasteiger partial charge in [0.25, 0.3) is 5.91 Å². The summed E-state index contributed by atoms with van der Waals surface area (Å²) < 4.78 is 25.5. The van der Waals surface area contributed by atoms with Crippen molar-refractivity contribution in [2.45, 2.75) is 19.0 Å². The number of carbonyl (C=O) groups is 1. The predicted molar refractivity (Wildman–Crippen MR) is 117 cm³/mol. The molecule has 1 fully saturated rings. The molecule has 6 nitrogen and oxygen atoms in total. The molecule has 0 aliphatic carbocycles. The molecule has 1 amide bonds. The molecule has 1 aliphatic heterocycles. The number of halogens is 1. The molecule has 1 aliphatic rings. The molecule has 30 heavy (non-hydrogen) atoms. The van der Waals surface area contributed by atoms with Gasteiger partial charge >= 0.3 is 0 Å². The molecule has 0 N–H and O–H groups in total. The molecule has 0 spiro atoms. The Morgan fingerprint density at radius 3 is 2.50 bits per heavy atom. The van der Waals surface area contributed by atoms with Gasteiger partial charge in [-0.05, 0) is 24.1 Å². The van der Waals surface area contributed by atoms with Crippen LogP contribution >= 0.6 is 11.6 Å². The molecule has 1 unspecified atom stereocenters. The maximum atomic E-state index is 13.3. The standard InChI is InChI=1S/C22H22ClN3O3S/c1-25(19-11-12-30(28,29)15-19)22(27)20-14-26(13-16-5-3-2-4-6-16)24-21(20)17-7-9-18(23)10-8-17/h2-10,14,19H,11-13,15H2,1H3. The monoisotopic (exact) mass is 443 g/mol. The number of sulfone groups is 1. The summed E-state index contributed by atoms with van der Waals surface area (Å²) in [7, 11) is -1.43. The molecular formula is C22H22ClN3O3S. The average Bonchev–Trinajstić information content (AvgIpc) is 3.31. The van der Waals surface area contributed by atoms with E-state index in [0.717, 1.165) is 11.1 Å². The zero-order valence-electron chi connectivity index (χ0n) is 16.5. The second-order valence-corrected chi connectivity index (χ2v) is 10.2. The minimum Gasteiger partial charge on any atom is -0.338 e. The van der Waals surface area contributed by atoms with Gasteiger partial charge in [-0.2, -0.15) is 5.10 Å². The Kier molecular flexibility index (Phi) is 5.66. The number of hydrogen-bond donors (Lipinski definition) is 0. The molecule has 4 rings (SSSR count). The van der Waals surface area contributed by atoms with E-state index in [0.29, 0.717) is 29.2 Å². The number of nitrogens with zero attached hydrogens (tertiary/aromatic N) is 3. The fourth-order valence-corrected chi connectivity index (χ4v) is 5.59. The van der Waals surface area contributed by atoms with E-state index in [9.17, 15) is 13.2 Å². The highest BCUT2D eigenvalue weighted by Crippen LogP contribution is 2.27. The van der Waals surface area contributed by atoms with Gasteiger partial charge in [0, 0.05) is 29.9 Å². The lowest BCUT2D eigenvalue weighted by atomic mass is 10.1. The van der Waals surface area contributed by atoms with Crippen LogP contribution in [0, 0.1) is 0 Å². The molecule has 8 heteroatoms. The molecule has 1 atom stereocenters. The van der Waals surface area contributed by atoms with Gasteiger partial charge in [0.15, 0.2) is 9.84 Å². The summed E-state index contributed by atoms with van der Waals surface area (Å²) in [6, 6.07) is 16.7. The molecule has 1 saturated heterocycles. The Morgan fingerprint density at radius 1 is 1.17 bits per heavy atom. The summed E-state index contributed by atoms with van der Waals surface area (Å²) in [5, 5.41) is 5.27. The van der Waals surface area contributed by atoms with Gasteiger partial charge in [0.05, 0.1) is 23.6 Å². The molecule has 2 heterocycles. The summed E-state index contributed by atoms with van der Waals surface area (Å²) in [4.78, 5) is 14.9. The first-order valence-electron chi connectivity index (χ1n) is 9.67. The van der Waals surface area contributed by atoms with Crippen molar-refractivity contribution in [3.8, 4) is 11.3 Å². The zero-order valence-corrected chi connectivity index (χ0v) is 18.1. The van der Waals surface area contributed by atoms with E-state index in [1.165, 1.54) is 4.90 Å². The van der Waals surface area contributed by atoms with Gasteiger partial charge in [-0.15, -0.1) is 0 Å². The average molecular weight is 444 g/mol. The van der Waals surface area contributed by atoms with E-state index in [1.807, 2.05) is 42.5 Å². The highest BCUT2D eigenvalue weighted by atomic mass is 35.5. The molecular weight excluding hydrogens is 422 g/mol. The minimum atomic E-state index is -3.09. The van der Waals surface area contributed by atoms with Crippen molar-refractivity contribution in [2.24, 2.45) is 0 Å². The Labute approximate surface area is 181 Å². The lowest BCUT2D eigenvalue weighted by Crippen LogP contribution is -2.37. The smallest absolute Gasteiger partial charge is 0.257 e. The van der Waals surface area contributed by atoms with Crippen LogP contribution in [0.15, 0.2) is 60.8 Å². The first kappa shape index (κ1) is 20.6. The van der Waals surface area contributed by atoms with Crippen molar-refractivity contribution in [2.75, 3.05) is 18.6 Å². The number of rotatable bonds is 5. The Balaban J connectivity index is 1.69. The first-order chi connectivity index (χ1) is 14.3. The van der Waals surface area contributed by atoms with Gasteiger partial charge in [-0.25, -0.2) is 8.42 Å². The van der Waals surface area contributed by atoms with Crippen LogP contribution in [-0.2, 0) is 16.4 Å². The summed E-state index contributed by atoms with van der Waals surface area (Å²) >= 11 is 6.02.